The van der Waals surface area contributed by atoms with Crippen molar-refractivity contribution >= 4 is 34.9 Å². The lowest BCUT2D eigenvalue weighted by atomic mass is 9.44. The van der Waals surface area contributed by atoms with Crippen LogP contribution in [0.3, 0.4) is 0 Å². The van der Waals surface area contributed by atoms with Crippen molar-refractivity contribution in [2.75, 3.05) is 13.2 Å². The molecule has 0 radical (unpaired) electrons. The number of rotatable bonds is 8. The van der Waals surface area contributed by atoms with Crippen molar-refractivity contribution in [3.8, 4) is 11.5 Å². The first-order chi connectivity index (χ1) is 23.2. The van der Waals surface area contributed by atoms with Crippen molar-refractivity contribution in [3.05, 3.63) is 113 Å². The van der Waals surface area contributed by atoms with Gasteiger partial charge in [-0.1, -0.05) is 78.4 Å². The number of hydrogen-bond acceptors (Lipinski definition) is 7. The Hall–Kier alpha value is -5.31. The van der Waals surface area contributed by atoms with E-state index in [0.29, 0.717) is 22.3 Å². The number of phenolic OH excluding ortho intramolecular Hbond substituents is 1. The number of ether oxygens (including phenoxy) is 1. The second-order valence-corrected chi connectivity index (χ2v) is 12.9. The molecule has 2 fully saturated rings. The zero-order valence-electron chi connectivity index (χ0n) is 26.4. The van der Waals surface area contributed by atoms with Crippen LogP contribution in [0.1, 0.15) is 48.8 Å². The van der Waals surface area contributed by atoms with Crippen molar-refractivity contribution < 1.29 is 38.9 Å². The van der Waals surface area contributed by atoms with E-state index in [1.807, 2.05) is 54.6 Å². The van der Waals surface area contributed by atoms with E-state index in [2.05, 4.69) is 0 Å². The molecule has 6 atom stereocenters. The Morgan fingerprint density at radius 2 is 1.65 bits per heavy atom. The van der Waals surface area contributed by atoms with Crippen LogP contribution in [0.25, 0.3) is 5.57 Å². The highest BCUT2D eigenvalue weighted by molar-refractivity contribution is 6.31. The van der Waals surface area contributed by atoms with Crippen molar-refractivity contribution in [1.82, 2.24) is 4.90 Å². The highest BCUT2D eigenvalue weighted by Gasteiger charge is 2.65. The number of phenols is 1. The number of Topliss-reactive ketones (excluding diaryl/α,β-unsaturated/α-hetero) is 1. The molecule has 9 heteroatoms. The Kier molecular flexibility index (Phi) is 7.86. The quantitative estimate of drug-likeness (QED) is 0.255. The average molecular weight is 646 g/mol. The molecule has 4 aliphatic rings. The molecule has 48 heavy (non-hydrogen) atoms. The van der Waals surface area contributed by atoms with Gasteiger partial charge in [0.15, 0.2) is 23.1 Å². The van der Waals surface area contributed by atoms with Gasteiger partial charge in [-0.3, -0.25) is 28.9 Å². The molecule has 7 rings (SSSR count). The second kappa shape index (κ2) is 12.0. The molecule has 2 amide bonds. The predicted octanol–water partition coefficient (Wildman–Crippen LogP) is 5.09. The molecule has 0 bridgehead atoms. The number of carboxylic acids is 1. The van der Waals surface area contributed by atoms with Crippen molar-refractivity contribution in [2.45, 2.75) is 37.5 Å². The lowest BCUT2D eigenvalue weighted by Gasteiger charge is -2.55. The fraction of sp³-hybridized carbons (Fsp3) is 0.308. The van der Waals surface area contributed by atoms with E-state index >= 15 is 4.79 Å². The van der Waals surface area contributed by atoms with Crippen LogP contribution in [0, 0.1) is 23.7 Å². The Bertz CT molecular complexity index is 1900. The molecule has 1 saturated carbocycles. The molecular weight excluding hydrogens is 610 g/mol. The fourth-order valence-corrected chi connectivity index (χ4v) is 8.72. The Morgan fingerprint density at radius 1 is 0.938 bits per heavy atom. The van der Waals surface area contributed by atoms with E-state index in [0.717, 1.165) is 10.5 Å². The van der Waals surface area contributed by atoms with Crippen LogP contribution in [-0.4, -0.2) is 57.6 Å². The molecule has 0 aromatic heterocycles. The summed E-state index contributed by atoms with van der Waals surface area (Å²) in [6.07, 6.45) is 3.43. The van der Waals surface area contributed by atoms with Gasteiger partial charge >= 0.3 is 5.97 Å². The molecule has 244 valence electrons. The molecule has 1 aliphatic heterocycles. The van der Waals surface area contributed by atoms with Gasteiger partial charge in [0.25, 0.3) is 0 Å². The van der Waals surface area contributed by atoms with E-state index in [1.165, 1.54) is 12.1 Å². The Balaban J connectivity index is 1.47. The van der Waals surface area contributed by atoms with Crippen LogP contribution in [0.2, 0.25) is 0 Å². The number of imide groups is 1. The van der Waals surface area contributed by atoms with Gasteiger partial charge in [0.05, 0.1) is 30.3 Å². The van der Waals surface area contributed by atoms with E-state index in [9.17, 15) is 29.4 Å². The maximum Gasteiger partial charge on any atom is 0.305 e. The summed E-state index contributed by atoms with van der Waals surface area (Å²) >= 11 is 0. The molecule has 2 N–H and O–H groups in total. The van der Waals surface area contributed by atoms with Gasteiger partial charge in [0, 0.05) is 24.0 Å². The summed E-state index contributed by atoms with van der Waals surface area (Å²) < 4.78 is 5.78. The van der Waals surface area contributed by atoms with Crippen LogP contribution in [0.5, 0.6) is 11.5 Å². The number of carbonyl (C=O) groups is 5. The number of hydrogen-bond donors (Lipinski definition) is 2. The van der Waals surface area contributed by atoms with Crippen LogP contribution in [0.4, 0.5) is 0 Å². The standard InChI is InChI=1S/C39H35NO8/c1-2-48-31-19-23(13-16-30(31)41)35-25-14-15-26-34(38(47)40(37(26)46)18-17-33(43)44)28(25)20-29-36(45)27(22-9-5-3-6-10-22)21-32(42)39(29,35)24-11-7-4-8-12-24/h3-14,16,19,21,26,28-29,34-35,41H,2,15,17-18,20H2,1H3,(H,43,44). The first-order valence-electron chi connectivity index (χ1n) is 16.3. The molecule has 1 saturated heterocycles. The molecule has 9 nitrogen and oxygen atoms in total. The summed E-state index contributed by atoms with van der Waals surface area (Å²) in [5.74, 6) is -5.99. The Morgan fingerprint density at radius 3 is 2.33 bits per heavy atom. The smallest absolute Gasteiger partial charge is 0.305 e. The minimum absolute atomic E-state index is 0.0705. The monoisotopic (exact) mass is 645 g/mol. The third-order valence-electron chi connectivity index (χ3n) is 10.6. The molecule has 6 unspecified atom stereocenters. The molecule has 1 heterocycles. The van der Waals surface area contributed by atoms with Crippen molar-refractivity contribution in [2.24, 2.45) is 23.7 Å². The summed E-state index contributed by atoms with van der Waals surface area (Å²) in [5.41, 5.74) is 1.59. The number of nitrogens with zero attached hydrogens (tertiary/aromatic N) is 1. The summed E-state index contributed by atoms with van der Waals surface area (Å²) in [6.45, 7) is 1.86. The molecule has 0 spiro atoms. The number of benzene rings is 3. The van der Waals surface area contributed by atoms with Gasteiger partial charge < -0.3 is 14.9 Å². The largest absolute Gasteiger partial charge is 0.504 e. The normalized spacial score (nSPS) is 27.9. The number of aromatic hydroxyl groups is 1. The predicted molar refractivity (Wildman–Crippen MR) is 175 cm³/mol. The first kappa shape index (κ1) is 31.3. The van der Waals surface area contributed by atoms with Gasteiger partial charge in [-0.25, -0.2) is 0 Å². The average Bonchev–Trinajstić information content (AvgIpc) is 3.34. The van der Waals surface area contributed by atoms with Crippen molar-refractivity contribution in [1.29, 1.82) is 0 Å². The topological polar surface area (TPSA) is 138 Å². The van der Waals surface area contributed by atoms with E-state index in [-0.39, 0.29) is 55.5 Å². The minimum Gasteiger partial charge on any atom is -0.504 e. The number of fused-ring (bicyclic) bond motifs is 4. The van der Waals surface area contributed by atoms with Crippen LogP contribution >= 0.6 is 0 Å². The summed E-state index contributed by atoms with van der Waals surface area (Å²) in [7, 11) is 0. The zero-order chi connectivity index (χ0) is 33.7. The second-order valence-electron chi connectivity index (χ2n) is 12.9. The first-order valence-corrected chi connectivity index (χ1v) is 16.3. The molecule has 3 aromatic carbocycles. The number of allylic oxidation sites excluding steroid dienone is 4. The van der Waals surface area contributed by atoms with Gasteiger partial charge in [-0.05, 0) is 60.6 Å². The Labute approximate surface area is 277 Å². The number of carboxylic acid groups (broad SMARTS) is 1. The van der Waals surface area contributed by atoms with E-state index in [4.69, 9.17) is 4.74 Å². The summed E-state index contributed by atoms with van der Waals surface area (Å²) in [6, 6.07) is 23.2. The number of likely N-dealkylation sites (tertiary alicyclic amines) is 1. The molecular formula is C39H35NO8. The maximum atomic E-state index is 15.0. The van der Waals surface area contributed by atoms with Gasteiger partial charge in [0.2, 0.25) is 11.8 Å². The molecule has 3 aliphatic carbocycles. The van der Waals surface area contributed by atoms with Gasteiger partial charge in [-0.2, -0.15) is 0 Å². The third kappa shape index (κ3) is 4.71. The fourth-order valence-electron chi connectivity index (χ4n) is 8.72. The van der Waals surface area contributed by atoms with Gasteiger partial charge in [-0.15, -0.1) is 0 Å². The highest BCUT2D eigenvalue weighted by Crippen LogP contribution is 2.64. The maximum absolute atomic E-state index is 15.0. The third-order valence-corrected chi connectivity index (χ3v) is 10.6. The summed E-state index contributed by atoms with van der Waals surface area (Å²) in [5, 5.41) is 20.0. The van der Waals surface area contributed by atoms with Crippen molar-refractivity contribution in [3.63, 3.8) is 0 Å². The van der Waals surface area contributed by atoms with E-state index < -0.39 is 52.8 Å². The lowest BCUT2D eigenvalue weighted by molar-refractivity contribution is -0.142. The number of ketones is 2. The number of carbonyl (C=O) groups excluding carboxylic acids is 4. The summed E-state index contributed by atoms with van der Waals surface area (Å²) in [4.78, 5) is 70.0. The van der Waals surface area contributed by atoms with Crippen LogP contribution < -0.4 is 4.74 Å². The molecule has 3 aromatic rings. The minimum atomic E-state index is -1.40. The van der Waals surface area contributed by atoms with E-state index in [1.54, 1.807) is 31.2 Å². The van der Waals surface area contributed by atoms with Crippen LogP contribution in [-0.2, 0) is 29.4 Å². The zero-order valence-corrected chi connectivity index (χ0v) is 26.4. The highest BCUT2D eigenvalue weighted by atomic mass is 16.5. The number of amides is 2. The SMILES string of the molecule is CCOc1cc(C2C3=CCC4C(=O)N(CCC(=O)O)C(=O)C4C3CC3C(=O)C(c4ccccc4)=CC(=O)C32c2ccccc2)ccc1O. The number of aliphatic carboxylic acids is 1. The van der Waals surface area contributed by atoms with Crippen LogP contribution in [0.15, 0.2) is 96.6 Å². The van der Waals surface area contributed by atoms with Gasteiger partial charge in [0.1, 0.15) is 0 Å². The lowest BCUT2D eigenvalue weighted by Crippen LogP contribution is -2.58.